The average molecular weight is 328 g/mol. The Bertz CT molecular complexity index is 860. The van der Waals surface area contributed by atoms with E-state index in [1.165, 1.54) is 33.0 Å². The van der Waals surface area contributed by atoms with Crippen LogP contribution in [0.25, 0.3) is 0 Å². The number of nitriles is 1. The van der Waals surface area contributed by atoms with E-state index in [0.717, 1.165) is 31.2 Å². The van der Waals surface area contributed by atoms with Gasteiger partial charge in [-0.05, 0) is 37.3 Å². The van der Waals surface area contributed by atoms with E-state index in [1.54, 1.807) is 0 Å². The highest BCUT2D eigenvalue weighted by atomic mass is 32.1. The van der Waals surface area contributed by atoms with Crippen LogP contribution >= 0.6 is 11.3 Å². The van der Waals surface area contributed by atoms with Crippen molar-refractivity contribution in [2.45, 2.75) is 39.2 Å². The molecule has 1 N–H and O–H groups in total. The Morgan fingerprint density at radius 3 is 3.04 bits per heavy atom. The molecule has 1 aliphatic carbocycles. The standard InChI is InChI=1S/C16H16N4O2S/c1-2-8-20-14(21)7-6-12(19-20)15(22)18-16-11(9-17)10-4-3-5-13(10)23-16/h6-7H,2-5,8H2,1H3,(H,18,22). The minimum atomic E-state index is -0.397. The van der Waals surface area contributed by atoms with Crippen molar-refractivity contribution < 1.29 is 4.79 Å². The molecule has 1 aliphatic rings. The number of carbonyl (C=O) groups is 1. The van der Waals surface area contributed by atoms with Gasteiger partial charge in [0.1, 0.15) is 16.8 Å². The summed E-state index contributed by atoms with van der Waals surface area (Å²) in [5.74, 6) is -0.397. The number of anilines is 1. The fourth-order valence-corrected chi connectivity index (χ4v) is 3.95. The number of nitrogens with zero attached hydrogens (tertiary/aromatic N) is 3. The van der Waals surface area contributed by atoms with E-state index < -0.39 is 5.91 Å². The molecule has 0 atom stereocenters. The number of nitrogens with one attached hydrogen (secondary N) is 1. The molecular weight excluding hydrogens is 312 g/mol. The molecule has 0 saturated heterocycles. The number of aryl methyl sites for hydroxylation is 2. The molecule has 0 radical (unpaired) electrons. The van der Waals surface area contributed by atoms with Crippen LogP contribution in [0.15, 0.2) is 16.9 Å². The molecular formula is C16H16N4O2S. The molecule has 2 aromatic rings. The minimum Gasteiger partial charge on any atom is -0.311 e. The third kappa shape index (κ3) is 2.90. The normalized spacial score (nSPS) is 12.7. The number of carbonyl (C=O) groups excluding carboxylic acids is 1. The molecule has 3 rings (SSSR count). The van der Waals surface area contributed by atoms with Crippen molar-refractivity contribution in [1.82, 2.24) is 9.78 Å². The van der Waals surface area contributed by atoms with Crippen LogP contribution < -0.4 is 10.9 Å². The second-order valence-corrected chi connectivity index (χ2v) is 6.51. The van der Waals surface area contributed by atoms with Crippen molar-refractivity contribution in [3.8, 4) is 6.07 Å². The molecule has 0 saturated carbocycles. The van der Waals surface area contributed by atoms with Gasteiger partial charge >= 0.3 is 0 Å². The first-order valence-electron chi connectivity index (χ1n) is 7.58. The summed E-state index contributed by atoms with van der Waals surface area (Å²) in [6, 6.07) is 4.95. The third-order valence-electron chi connectivity index (χ3n) is 3.79. The van der Waals surface area contributed by atoms with Crippen molar-refractivity contribution in [3.05, 3.63) is 44.2 Å². The zero-order valence-electron chi connectivity index (χ0n) is 12.8. The zero-order valence-corrected chi connectivity index (χ0v) is 13.6. The average Bonchev–Trinajstić information content (AvgIpc) is 3.10. The summed E-state index contributed by atoms with van der Waals surface area (Å²) >= 11 is 1.46. The summed E-state index contributed by atoms with van der Waals surface area (Å²) in [5, 5.41) is 16.8. The summed E-state index contributed by atoms with van der Waals surface area (Å²) in [7, 11) is 0. The fourth-order valence-electron chi connectivity index (χ4n) is 2.72. The van der Waals surface area contributed by atoms with Crippen molar-refractivity contribution in [1.29, 1.82) is 5.26 Å². The number of amides is 1. The molecule has 0 unspecified atom stereocenters. The lowest BCUT2D eigenvalue weighted by Gasteiger charge is -2.06. The molecule has 0 fully saturated rings. The van der Waals surface area contributed by atoms with Crippen LogP contribution in [-0.2, 0) is 19.4 Å². The minimum absolute atomic E-state index is 0.176. The van der Waals surface area contributed by atoms with E-state index in [0.29, 0.717) is 17.1 Å². The van der Waals surface area contributed by atoms with E-state index in [2.05, 4.69) is 16.5 Å². The maximum atomic E-state index is 12.4. The Morgan fingerprint density at radius 1 is 1.48 bits per heavy atom. The van der Waals surface area contributed by atoms with Crippen LogP contribution in [0.1, 0.15) is 46.3 Å². The summed E-state index contributed by atoms with van der Waals surface area (Å²) in [6.45, 7) is 2.41. The first-order valence-corrected chi connectivity index (χ1v) is 8.39. The number of hydrogen-bond acceptors (Lipinski definition) is 5. The van der Waals surface area contributed by atoms with E-state index in [4.69, 9.17) is 0 Å². The third-order valence-corrected chi connectivity index (χ3v) is 5.00. The quantitative estimate of drug-likeness (QED) is 0.933. The second-order valence-electron chi connectivity index (χ2n) is 5.41. The molecule has 0 bridgehead atoms. The Balaban J connectivity index is 1.87. The van der Waals surface area contributed by atoms with Crippen LogP contribution in [0.4, 0.5) is 5.00 Å². The largest absolute Gasteiger partial charge is 0.311 e. The number of hydrogen-bond donors (Lipinski definition) is 1. The number of aromatic nitrogens is 2. The van der Waals surface area contributed by atoms with E-state index >= 15 is 0 Å². The zero-order chi connectivity index (χ0) is 16.4. The van der Waals surface area contributed by atoms with Crippen molar-refractivity contribution in [2.24, 2.45) is 0 Å². The summed E-state index contributed by atoms with van der Waals surface area (Å²) in [5.41, 5.74) is 1.58. The summed E-state index contributed by atoms with van der Waals surface area (Å²) < 4.78 is 1.29. The van der Waals surface area contributed by atoms with Gasteiger partial charge in [0.15, 0.2) is 0 Å². The second kappa shape index (κ2) is 6.34. The molecule has 7 heteroatoms. The SMILES string of the molecule is CCCn1nc(C(=O)Nc2sc3c(c2C#N)CCC3)ccc1=O. The highest BCUT2D eigenvalue weighted by molar-refractivity contribution is 7.16. The van der Waals surface area contributed by atoms with Gasteiger partial charge in [0.05, 0.1) is 5.56 Å². The van der Waals surface area contributed by atoms with Crippen LogP contribution in [0.5, 0.6) is 0 Å². The first-order chi connectivity index (χ1) is 11.1. The van der Waals surface area contributed by atoms with E-state index in [9.17, 15) is 14.9 Å². The smallest absolute Gasteiger partial charge is 0.276 e. The van der Waals surface area contributed by atoms with Gasteiger partial charge in [0.2, 0.25) is 0 Å². The molecule has 6 nitrogen and oxygen atoms in total. The van der Waals surface area contributed by atoms with Crippen LogP contribution in [0.3, 0.4) is 0 Å². The molecule has 1 amide bonds. The Morgan fingerprint density at radius 2 is 2.30 bits per heavy atom. The molecule has 23 heavy (non-hydrogen) atoms. The van der Waals surface area contributed by atoms with E-state index in [-0.39, 0.29) is 11.3 Å². The highest BCUT2D eigenvalue weighted by Crippen LogP contribution is 2.38. The van der Waals surface area contributed by atoms with Crippen molar-refractivity contribution >= 4 is 22.2 Å². The van der Waals surface area contributed by atoms with Crippen molar-refractivity contribution in [2.75, 3.05) is 5.32 Å². The summed E-state index contributed by atoms with van der Waals surface area (Å²) in [6.07, 6.45) is 3.68. The molecule has 118 valence electrons. The van der Waals surface area contributed by atoms with Crippen molar-refractivity contribution in [3.63, 3.8) is 0 Å². The van der Waals surface area contributed by atoms with Gasteiger partial charge < -0.3 is 5.32 Å². The van der Waals surface area contributed by atoms with Crippen LogP contribution in [-0.4, -0.2) is 15.7 Å². The fraction of sp³-hybridized carbons (Fsp3) is 0.375. The lowest BCUT2D eigenvalue weighted by atomic mass is 10.1. The highest BCUT2D eigenvalue weighted by Gasteiger charge is 2.23. The Kier molecular flexibility index (Phi) is 4.26. The molecule has 2 heterocycles. The Hall–Kier alpha value is -2.46. The van der Waals surface area contributed by atoms with Gasteiger partial charge in [-0.1, -0.05) is 6.92 Å². The van der Waals surface area contributed by atoms with Crippen LogP contribution in [0.2, 0.25) is 0 Å². The van der Waals surface area contributed by atoms with Gasteiger partial charge in [0.25, 0.3) is 11.5 Å². The predicted octanol–water partition coefficient (Wildman–Crippen LogP) is 2.33. The van der Waals surface area contributed by atoms with Gasteiger partial charge in [-0.15, -0.1) is 11.3 Å². The maximum absolute atomic E-state index is 12.4. The number of thiophene rings is 1. The van der Waals surface area contributed by atoms with Gasteiger partial charge in [-0.3, -0.25) is 9.59 Å². The molecule has 0 aromatic carbocycles. The molecule has 2 aromatic heterocycles. The number of fused-ring (bicyclic) bond motifs is 1. The topological polar surface area (TPSA) is 87.8 Å². The molecule has 0 spiro atoms. The van der Waals surface area contributed by atoms with Crippen LogP contribution in [0, 0.1) is 11.3 Å². The predicted molar refractivity (Wildman–Crippen MR) is 87.8 cm³/mol. The Labute approximate surface area is 137 Å². The van der Waals surface area contributed by atoms with Gasteiger partial charge in [-0.25, -0.2) is 4.68 Å². The van der Waals surface area contributed by atoms with E-state index in [1.807, 2.05) is 6.92 Å². The lowest BCUT2D eigenvalue weighted by Crippen LogP contribution is -2.26. The number of rotatable bonds is 4. The first kappa shape index (κ1) is 15.4. The lowest BCUT2D eigenvalue weighted by molar-refractivity contribution is 0.102. The molecule has 0 aliphatic heterocycles. The summed E-state index contributed by atoms with van der Waals surface area (Å²) in [4.78, 5) is 25.2. The monoisotopic (exact) mass is 328 g/mol. The maximum Gasteiger partial charge on any atom is 0.276 e. The van der Waals surface area contributed by atoms with Gasteiger partial charge in [-0.2, -0.15) is 10.4 Å². The van der Waals surface area contributed by atoms with Gasteiger partial charge in [0, 0.05) is 17.5 Å².